The summed E-state index contributed by atoms with van der Waals surface area (Å²) >= 11 is 0. The predicted molar refractivity (Wildman–Crippen MR) is 130 cm³/mol. The molecule has 33 heavy (non-hydrogen) atoms. The largest absolute Gasteiger partial charge is 0.493 e. The summed E-state index contributed by atoms with van der Waals surface area (Å²) in [4.78, 5) is 36.7. The number of ether oxygens (including phenoxy) is 1. The molecule has 178 valence electrons. The zero-order valence-electron chi connectivity index (χ0n) is 20.1. The number of amides is 1. The molecule has 1 aromatic carbocycles. The van der Waals surface area contributed by atoms with Crippen LogP contribution in [0.3, 0.4) is 0 Å². The number of aromatic nitrogens is 4. The lowest BCUT2D eigenvalue weighted by molar-refractivity contribution is -0.119. The van der Waals surface area contributed by atoms with Crippen molar-refractivity contribution in [2.45, 2.75) is 78.3 Å². The highest BCUT2D eigenvalue weighted by atomic mass is 16.5. The summed E-state index contributed by atoms with van der Waals surface area (Å²) in [6, 6.07) is 7.36. The van der Waals surface area contributed by atoms with Crippen LogP contribution in [0.15, 0.2) is 35.4 Å². The van der Waals surface area contributed by atoms with E-state index >= 15 is 0 Å². The van der Waals surface area contributed by atoms with E-state index in [0.29, 0.717) is 29.3 Å². The molecule has 2 unspecified atom stereocenters. The summed E-state index contributed by atoms with van der Waals surface area (Å²) in [5, 5.41) is 3.01. The van der Waals surface area contributed by atoms with Crippen LogP contribution in [0, 0.1) is 0 Å². The molecule has 8 heteroatoms. The van der Waals surface area contributed by atoms with Crippen LogP contribution < -0.4 is 15.6 Å². The third-order valence-electron chi connectivity index (χ3n) is 5.76. The Hall–Kier alpha value is -3.16. The van der Waals surface area contributed by atoms with Gasteiger partial charge in [0.1, 0.15) is 11.6 Å². The molecule has 0 saturated heterocycles. The standard InChI is InChI=1S/C25H35N5O3/c1-5-7-8-9-13-20(17(3)27-18(4)31)30-16-26-22-24(30)28-23(29-25(22)32)19-12-10-11-14-21(19)33-15-6-2/h10-12,14,16-17,20H,5-9,13,15H2,1-4H3,(H,27,31)(H,28,29,32). The van der Waals surface area contributed by atoms with Crippen molar-refractivity contribution in [1.29, 1.82) is 0 Å². The molecule has 0 fully saturated rings. The fourth-order valence-electron chi connectivity index (χ4n) is 4.12. The van der Waals surface area contributed by atoms with Crippen molar-refractivity contribution >= 4 is 17.1 Å². The Bertz CT molecular complexity index is 1120. The van der Waals surface area contributed by atoms with Crippen molar-refractivity contribution in [1.82, 2.24) is 24.8 Å². The van der Waals surface area contributed by atoms with Crippen molar-refractivity contribution in [3.63, 3.8) is 0 Å². The van der Waals surface area contributed by atoms with Gasteiger partial charge in [0.25, 0.3) is 5.56 Å². The Labute approximate surface area is 194 Å². The maximum Gasteiger partial charge on any atom is 0.279 e. The highest BCUT2D eigenvalue weighted by molar-refractivity contribution is 5.75. The highest BCUT2D eigenvalue weighted by Crippen LogP contribution is 2.29. The first-order valence-corrected chi connectivity index (χ1v) is 11.9. The van der Waals surface area contributed by atoms with E-state index in [1.54, 1.807) is 6.33 Å². The van der Waals surface area contributed by atoms with Crippen LogP contribution in [-0.4, -0.2) is 38.1 Å². The van der Waals surface area contributed by atoms with Gasteiger partial charge in [-0.2, -0.15) is 0 Å². The minimum Gasteiger partial charge on any atom is -0.493 e. The van der Waals surface area contributed by atoms with Gasteiger partial charge in [-0.1, -0.05) is 51.7 Å². The number of fused-ring (bicyclic) bond motifs is 1. The average Bonchev–Trinajstić information content (AvgIpc) is 3.21. The third kappa shape index (κ3) is 6.00. The molecule has 0 bridgehead atoms. The molecular formula is C25H35N5O3. The summed E-state index contributed by atoms with van der Waals surface area (Å²) in [7, 11) is 0. The maximum atomic E-state index is 12.9. The molecule has 2 N–H and O–H groups in total. The summed E-state index contributed by atoms with van der Waals surface area (Å²) in [5.41, 5.74) is 1.24. The van der Waals surface area contributed by atoms with Gasteiger partial charge in [0.15, 0.2) is 11.2 Å². The molecule has 3 rings (SSSR count). The third-order valence-corrected chi connectivity index (χ3v) is 5.76. The lowest BCUT2D eigenvalue weighted by atomic mass is 10.0. The van der Waals surface area contributed by atoms with Crippen molar-refractivity contribution in [3.8, 4) is 17.1 Å². The second-order valence-corrected chi connectivity index (χ2v) is 8.49. The first-order chi connectivity index (χ1) is 16.0. The number of unbranched alkanes of at least 4 members (excludes halogenated alkanes) is 3. The molecule has 0 radical (unpaired) electrons. The molecule has 0 aliphatic carbocycles. The van der Waals surface area contributed by atoms with Crippen LogP contribution in [-0.2, 0) is 4.79 Å². The quantitative estimate of drug-likeness (QED) is 0.390. The number of para-hydroxylation sites is 1. The monoisotopic (exact) mass is 453 g/mol. The molecule has 8 nitrogen and oxygen atoms in total. The second kappa shape index (κ2) is 11.6. The van der Waals surface area contributed by atoms with Crippen molar-refractivity contribution in [2.24, 2.45) is 0 Å². The zero-order chi connectivity index (χ0) is 23.8. The molecule has 0 aliphatic heterocycles. The summed E-state index contributed by atoms with van der Waals surface area (Å²) in [6.45, 7) is 8.31. The van der Waals surface area contributed by atoms with Crippen LogP contribution in [0.5, 0.6) is 5.75 Å². The molecular weight excluding hydrogens is 418 g/mol. The molecule has 0 saturated carbocycles. The summed E-state index contributed by atoms with van der Waals surface area (Å²) in [5.74, 6) is 1.03. The number of nitrogens with zero attached hydrogens (tertiary/aromatic N) is 3. The van der Waals surface area contributed by atoms with Gasteiger partial charge in [0.05, 0.1) is 24.5 Å². The number of hydrogen-bond acceptors (Lipinski definition) is 5. The van der Waals surface area contributed by atoms with E-state index in [2.05, 4.69) is 22.2 Å². The first kappa shape index (κ1) is 24.5. The van der Waals surface area contributed by atoms with E-state index in [1.165, 1.54) is 13.3 Å². The van der Waals surface area contributed by atoms with E-state index in [1.807, 2.05) is 42.7 Å². The lowest BCUT2D eigenvalue weighted by Gasteiger charge is -2.26. The summed E-state index contributed by atoms with van der Waals surface area (Å²) in [6.07, 6.45) is 7.86. The Kier molecular flexibility index (Phi) is 8.63. The lowest BCUT2D eigenvalue weighted by Crippen LogP contribution is -2.38. The number of nitrogens with one attached hydrogen (secondary N) is 2. The van der Waals surface area contributed by atoms with Crippen LogP contribution in [0.2, 0.25) is 0 Å². The van der Waals surface area contributed by atoms with Crippen molar-refractivity contribution in [3.05, 3.63) is 40.9 Å². The summed E-state index contributed by atoms with van der Waals surface area (Å²) < 4.78 is 7.82. The number of H-pyrrole nitrogens is 1. The number of rotatable bonds is 12. The molecule has 2 aromatic heterocycles. The van der Waals surface area contributed by atoms with E-state index in [4.69, 9.17) is 9.72 Å². The molecule has 2 atom stereocenters. The molecule has 0 spiro atoms. The van der Waals surface area contributed by atoms with E-state index < -0.39 is 0 Å². The van der Waals surface area contributed by atoms with Gasteiger partial charge in [-0.05, 0) is 31.9 Å². The van der Waals surface area contributed by atoms with Gasteiger partial charge < -0.3 is 19.6 Å². The highest BCUT2D eigenvalue weighted by Gasteiger charge is 2.24. The van der Waals surface area contributed by atoms with Gasteiger partial charge in [0.2, 0.25) is 5.91 Å². The van der Waals surface area contributed by atoms with E-state index in [-0.39, 0.29) is 23.6 Å². The molecule has 0 aliphatic rings. The molecule has 1 amide bonds. The minimum absolute atomic E-state index is 0.0653. The van der Waals surface area contributed by atoms with Gasteiger partial charge in [-0.3, -0.25) is 9.59 Å². The van der Waals surface area contributed by atoms with Gasteiger partial charge in [0, 0.05) is 13.0 Å². The average molecular weight is 454 g/mol. The fraction of sp³-hybridized carbons (Fsp3) is 0.520. The number of imidazole rings is 1. The van der Waals surface area contributed by atoms with Crippen LogP contribution >= 0.6 is 0 Å². The van der Waals surface area contributed by atoms with Crippen LogP contribution in [0.4, 0.5) is 0 Å². The van der Waals surface area contributed by atoms with Gasteiger partial charge in [-0.25, -0.2) is 9.97 Å². The number of aromatic amines is 1. The SMILES string of the molecule is CCCCCCC(C(C)NC(C)=O)n1cnc2c(=O)[nH]c(-c3ccccc3OCCC)nc21. The topological polar surface area (TPSA) is 102 Å². The molecule has 2 heterocycles. The van der Waals surface area contributed by atoms with Crippen LogP contribution in [0.25, 0.3) is 22.6 Å². The number of carbonyl (C=O) groups excluding carboxylic acids is 1. The first-order valence-electron chi connectivity index (χ1n) is 11.9. The minimum atomic E-state index is -0.295. The normalized spacial score (nSPS) is 13.1. The number of hydrogen-bond donors (Lipinski definition) is 2. The zero-order valence-corrected chi connectivity index (χ0v) is 20.1. The van der Waals surface area contributed by atoms with Crippen LogP contribution in [0.1, 0.15) is 72.3 Å². The smallest absolute Gasteiger partial charge is 0.279 e. The molecule has 3 aromatic rings. The Morgan fingerprint density at radius 3 is 2.70 bits per heavy atom. The maximum absolute atomic E-state index is 12.9. The Balaban J connectivity index is 2.05. The predicted octanol–water partition coefficient (Wildman–Crippen LogP) is 4.61. The second-order valence-electron chi connectivity index (χ2n) is 8.49. The van der Waals surface area contributed by atoms with Gasteiger partial charge in [-0.15, -0.1) is 0 Å². The van der Waals surface area contributed by atoms with Crippen molar-refractivity contribution in [2.75, 3.05) is 6.61 Å². The Morgan fingerprint density at radius 1 is 1.18 bits per heavy atom. The fourth-order valence-corrected chi connectivity index (χ4v) is 4.12. The van der Waals surface area contributed by atoms with E-state index in [0.717, 1.165) is 37.7 Å². The van der Waals surface area contributed by atoms with Crippen molar-refractivity contribution < 1.29 is 9.53 Å². The van der Waals surface area contributed by atoms with Gasteiger partial charge >= 0.3 is 0 Å². The Morgan fingerprint density at radius 2 is 1.97 bits per heavy atom. The number of benzene rings is 1. The number of carbonyl (C=O) groups is 1. The van der Waals surface area contributed by atoms with E-state index in [9.17, 15) is 9.59 Å².